The first-order valence-electron chi connectivity index (χ1n) is 8.00. The summed E-state index contributed by atoms with van der Waals surface area (Å²) in [5.74, 6) is 0.914. The Morgan fingerprint density at radius 1 is 1.23 bits per heavy atom. The summed E-state index contributed by atoms with van der Waals surface area (Å²) < 4.78 is 7.19. The lowest BCUT2D eigenvalue weighted by molar-refractivity contribution is -0.118. The Labute approximate surface area is 148 Å². The summed E-state index contributed by atoms with van der Waals surface area (Å²) in [5.41, 5.74) is 2.05. The molecule has 1 amide bonds. The van der Waals surface area contributed by atoms with Crippen molar-refractivity contribution in [1.82, 2.24) is 29.5 Å². The molecule has 26 heavy (non-hydrogen) atoms. The molecule has 4 aromatic rings. The SMILES string of the molecule is CC(C)C(=O)Nc1cc(-c2nc(-c3cnc4cnccn34)no2)ccn1. The number of rotatable bonds is 4. The van der Waals surface area contributed by atoms with Crippen molar-refractivity contribution in [3.05, 3.63) is 43.1 Å². The summed E-state index contributed by atoms with van der Waals surface area (Å²) in [5, 5.41) is 6.78. The number of carbonyl (C=O) groups excluding carboxylic acids is 1. The molecule has 9 nitrogen and oxygen atoms in total. The molecule has 0 fully saturated rings. The highest BCUT2D eigenvalue weighted by Gasteiger charge is 2.15. The fourth-order valence-electron chi connectivity index (χ4n) is 2.35. The van der Waals surface area contributed by atoms with E-state index in [4.69, 9.17) is 4.52 Å². The predicted molar refractivity (Wildman–Crippen MR) is 93.0 cm³/mol. The molecule has 0 spiro atoms. The highest BCUT2D eigenvalue weighted by atomic mass is 16.5. The van der Waals surface area contributed by atoms with Gasteiger partial charge in [-0.15, -0.1) is 0 Å². The molecule has 0 aliphatic carbocycles. The molecule has 0 aliphatic rings. The van der Waals surface area contributed by atoms with Crippen LogP contribution in [-0.4, -0.2) is 35.4 Å². The van der Waals surface area contributed by atoms with Crippen LogP contribution in [0.25, 0.3) is 28.6 Å². The molecular weight excluding hydrogens is 334 g/mol. The molecule has 0 aliphatic heterocycles. The fourth-order valence-corrected chi connectivity index (χ4v) is 2.35. The van der Waals surface area contributed by atoms with Crippen LogP contribution in [0, 0.1) is 5.92 Å². The number of aromatic nitrogens is 6. The predicted octanol–water partition coefficient (Wildman–Crippen LogP) is 2.44. The molecule has 9 heteroatoms. The number of imidazole rings is 1. The monoisotopic (exact) mass is 349 g/mol. The molecule has 1 N–H and O–H groups in total. The molecule has 0 saturated carbocycles. The summed E-state index contributed by atoms with van der Waals surface area (Å²) in [6.07, 6.45) is 8.32. The van der Waals surface area contributed by atoms with Gasteiger partial charge in [0.05, 0.1) is 12.4 Å². The van der Waals surface area contributed by atoms with Crippen molar-refractivity contribution in [2.45, 2.75) is 13.8 Å². The van der Waals surface area contributed by atoms with E-state index in [1.165, 1.54) is 0 Å². The maximum absolute atomic E-state index is 11.8. The molecular formula is C17H15N7O2. The first kappa shape index (κ1) is 15.9. The number of hydrogen-bond acceptors (Lipinski definition) is 7. The van der Waals surface area contributed by atoms with Gasteiger partial charge >= 0.3 is 0 Å². The molecule has 4 rings (SSSR count). The minimum absolute atomic E-state index is 0.111. The zero-order chi connectivity index (χ0) is 18.1. The van der Waals surface area contributed by atoms with Gasteiger partial charge in [-0.25, -0.2) is 9.97 Å². The number of fused-ring (bicyclic) bond motifs is 1. The van der Waals surface area contributed by atoms with Gasteiger partial charge in [0.25, 0.3) is 5.89 Å². The number of nitrogens with one attached hydrogen (secondary N) is 1. The van der Waals surface area contributed by atoms with Gasteiger partial charge in [0.1, 0.15) is 11.5 Å². The third kappa shape index (κ3) is 2.90. The molecule has 0 atom stereocenters. The van der Waals surface area contributed by atoms with Crippen LogP contribution in [0.5, 0.6) is 0 Å². The Kier molecular flexibility index (Phi) is 3.88. The van der Waals surface area contributed by atoms with E-state index in [0.717, 1.165) is 0 Å². The maximum Gasteiger partial charge on any atom is 0.258 e. The minimum Gasteiger partial charge on any atom is -0.334 e. The van der Waals surface area contributed by atoms with Gasteiger partial charge in [-0.3, -0.25) is 14.2 Å². The molecule has 4 heterocycles. The maximum atomic E-state index is 11.8. The number of anilines is 1. The standard InChI is InChI=1S/C17H15N7O2/c1-10(2)16(25)21-13-7-11(3-4-19-13)17-22-15(23-26-17)12-8-20-14-9-18-5-6-24(12)14/h3-10H,1-2H3,(H,19,21,25). The summed E-state index contributed by atoms with van der Waals surface area (Å²) in [6, 6.07) is 3.43. The summed E-state index contributed by atoms with van der Waals surface area (Å²) in [7, 11) is 0. The van der Waals surface area contributed by atoms with E-state index in [9.17, 15) is 4.79 Å². The topological polar surface area (TPSA) is 111 Å². The number of nitrogens with zero attached hydrogens (tertiary/aromatic N) is 6. The van der Waals surface area contributed by atoms with Crippen LogP contribution in [-0.2, 0) is 4.79 Å². The smallest absolute Gasteiger partial charge is 0.258 e. The van der Waals surface area contributed by atoms with E-state index in [1.54, 1.807) is 43.1 Å². The van der Waals surface area contributed by atoms with Gasteiger partial charge in [-0.1, -0.05) is 19.0 Å². The number of carbonyl (C=O) groups is 1. The van der Waals surface area contributed by atoms with Crippen LogP contribution in [0.3, 0.4) is 0 Å². The lowest BCUT2D eigenvalue weighted by atomic mass is 10.2. The van der Waals surface area contributed by atoms with E-state index in [-0.39, 0.29) is 11.8 Å². The highest BCUT2D eigenvalue weighted by molar-refractivity contribution is 5.91. The van der Waals surface area contributed by atoms with E-state index in [2.05, 4.69) is 30.4 Å². The second kappa shape index (κ2) is 6.36. The second-order valence-electron chi connectivity index (χ2n) is 5.94. The molecule has 0 unspecified atom stereocenters. The average molecular weight is 349 g/mol. The summed E-state index contributed by atoms with van der Waals surface area (Å²) in [4.78, 5) is 28.7. The largest absolute Gasteiger partial charge is 0.334 e. The molecule has 0 aromatic carbocycles. The van der Waals surface area contributed by atoms with Crippen molar-refractivity contribution in [3.63, 3.8) is 0 Å². The quantitative estimate of drug-likeness (QED) is 0.602. The zero-order valence-electron chi connectivity index (χ0n) is 14.1. The van der Waals surface area contributed by atoms with Crippen molar-refractivity contribution in [2.75, 3.05) is 5.32 Å². The first-order valence-corrected chi connectivity index (χ1v) is 8.00. The van der Waals surface area contributed by atoms with Crippen LogP contribution in [0.4, 0.5) is 5.82 Å². The van der Waals surface area contributed by atoms with Gasteiger partial charge < -0.3 is 9.84 Å². The third-order valence-corrected chi connectivity index (χ3v) is 3.75. The van der Waals surface area contributed by atoms with Gasteiger partial charge in [0.15, 0.2) is 5.65 Å². The molecule has 4 aromatic heterocycles. The number of pyridine rings is 1. The Morgan fingerprint density at radius 3 is 2.96 bits per heavy atom. The third-order valence-electron chi connectivity index (χ3n) is 3.75. The normalized spacial score (nSPS) is 11.2. The van der Waals surface area contributed by atoms with Gasteiger partial charge in [-0.2, -0.15) is 4.98 Å². The Hall–Kier alpha value is -3.62. The van der Waals surface area contributed by atoms with E-state index in [0.29, 0.717) is 34.4 Å². The van der Waals surface area contributed by atoms with Crippen LogP contribution >= 0.6 is 0 Å². The molecule has 0 radical (unpaired) electrons. The van der Waals surface area contributed by atoms with Crippen LogP contribution < -0.4 is 5.32 Å². The Morgan fingerprint density at radius 2 is 2.12 bits per heavy atom. The highest BCUT2D eigenvalue weighted by Crippen LogP contribution is 2.24. The summed E-state index contributed by atoms with van der Waals surface area (Å²) >= 11 is 0. The summed E-state index contributed by atoms with van der Waals surface area (Å²) in [6.45, 7) is 3.63. The number of amides is 1. The van der Waals surface area contributed by atoms with Crippen molar-refractivity contribution in [3.8, 4) is 23.0 Å². The second-order valence-corrected chi connectivity index (χ2v) is 5.94. The molecule has 130 valence electrons. The van der Waals surface area contributed by atoms with E-state index in [1.807, 2.05) is 18.2 Å². The Balaban J connectivity index is 1.65. The van der Waals surface area contributed by atoms with Crippen molar-refractivity contribution in [2.24, 2.45) is 5.92 Å². The zero-order valence-corrected chi connectivity index (χ0v) is 14.1. The van der Waals surface area contributed by atoms with Gasteiger partial charge in [0, 0.05) is 30.1 Å². The first-order chi connectivity index (χ1) is 12.6. The van der Waals surface area contributed by atoms with Crippen LogP contribution in [0.1, 0.15) is 13.8 Å². The fraction of sp³-hybridized carbons (Fsp3) is 0.176. The van der Waals surface area contributed by atoms with Gasteiger partial charge in [0.2, 0.25) is 11.7 Å². The van der Waals surface area contributed by atoms with E-state index >= 15 is 0 Å². The van der Waals surface area contributed by atoms with Crippen molar-refractivity contribution < 1.29 is 9.32 Å². The molecule has 0 bridgehead atoms. The minimum atomic E-state index is -0.139. The van der Waals surface area contributed by atoms with Gasteiger partial charge in [-0.05, 0) is 12.1 Å². The average Bonchev–Trinajstić information content (AvgIpc) is 3.28. The van der Waals surface area contributed by atoms with Crippen molar-refractivity contribution in [1.29, 1.82) is 0 Å². The van der Waals surface area contributed by atoms with Crippen LogP contribution in [0.15, 0.2) is 47.6 Å². The lowest BCUT2D eigenvalue weighted by Crippen LogP contribution is -2.18. The Bertz CT molecular complexity index is 1080. The van der Waals surface area contributed by atoms with Crippen molar-refractivity contribution >= 4 is 17.4 Å². The molecule has 0 saturated heterocycles. The van der Waals surface area contributed by atoms with E-state index < -0.39 is 0 Å². The van der Waals surface area contributed by atoms with Crippen LogP contribution in [0.2, 0.25) is 0 Å². The lowest BCUT2D eigenvalue weighted by Gasteiger charge is -2.06. The number of hydrogen-bond donors (Lipinski definition) is 1.